The van der Waals surface area contributed by atoms with E-state index in [0.717, 1.165) is 24.0 Å². The molecule has 0 aliphatic rings. The first-order valence-electron chi connectivity index (χ1n) is 10.3. The Balaban J connectivity index is 1.60. The van der Waals surface area contributed by atoms with Crippen molar-refractivity contribution >= 4 is 11.6 Å². The van der Waals surface area contributed by atoms with Crippen LogP contribution >= 0.6 is 0 Å². The monoisotopic (exact) mass is 384 g/mol. The second-order valence-corrected chi connectivity index (χ2v) is 7.70. The number of hydrogen-bond donors (Lipinski definition) is 0. The van der Waals surface area contributed by atoms with E-state index in [1.54, 1.807) is 0 Å². The SMILES string of the molecule is O=C(Cc1ccccc1)CC(CCc1ccccc1)CC(=O)Cc1ccccc1. The van der Waals surface area contributed by atoms with Gasteiger partial charge in [-0.1, -0.05) is 91.0 Å². The predicted octanol–water partition coefficient (Wildman–Crippen LogP) is 5.64. The zero-order valence-corrected chi connectivity index (χ0v) is 16.8. The van der Waals surface area contributed by atoms with Crippen molar-refractivity contribution in [3.05, 3.63) is 108 Å². The second-order valence-electron chi connectivity index (χ2n) is 7.70. The molecule has 0 aromatic heterocycles. The molecule has 0 heterocycles. The Labute approximate surface area is 173 Å². The maximum absolute atomic E-state index is 12.7. The number of ketones is 2. The van der Waals surface area contributed by atoms with E-state index < -0.39 is 0 Å². The van der Waals surface area contributed by atoms with Crippen LogP contribution in [0.1, 0.15) is 36.0 Å². The fraction of sp³-hybridized carbons (Fsp3) is 0.259. The fourth-order valence-electron chi connectivity index (χ4n) is 3.73. The molecule has 0 radical (unpaired) electrons. The van der Waals surface area contributed by atoms with Crippen LogP contribution in [0.3, 0.4) is 0 Å². The van der Waals surface area contributed by atoms with Crippen LogP contribution in [0.15, 0.2) is 91.0 Å². The molecular weight excluding hydrogens is 356 g/mol. The molecule has 0 bridgehead atoms. The Bertz CT molecular complexity index is 830. The Morgan fingerprint density at radius 1 is 0.552 bits per heavy atom. The molecule has 3 aromatic carbocycles. The van der Waals surface area contributed by atoms with Gasteiger partial charge in [-0.3, -0.25) is 9.59 Å². The highest BCUT2D eigenvalue weighted by Crippen LogP contribution is 2.20. The van der Waals surface area contributed by atoms with Crippen molar-refractivity contribution in [3.8, 4) is 0 Å². The molecule has 0 N–H and O–H groups in total. The molecule has 148 valence electrons. The molecule has 0 amide bonds. The van der Waals surface area contributed by atoms with Crippen LogP contribution in [-0.4, -0.2) is 11.6 Å². The fourth-order valence-corrected chi connectivity index (χ4v) is 3.73. The number of rotatable bonds is 11. The molecule has 0 saturated carbocycles. The van der Waals surface area contributed by atoms with Gasteiger partial charge in [0.05, 0.1) is 0 Å². The first-order chi connectivity index (χ1) is 14.2. The summed E-state index contributed by atoms with van der Waals surface area (Å²) in [5, 5.41) is 0. The summed E-state index contributed by atoms with van der Waals surface area (Å²) in [5.41, 5.74) is 3.33. The number of Topliss-reactive ketones (excluding diaryl/α,β-unsaturated/α-hetero) is 2. The average Bonchev–Trinajstić information content (AvgIpc) is 2.74. The molecule has 0 aliphatic carbocycles. The van der Waals surface area contributed by atoms with Gasteiger partial charge in [0, 0.05) is 25.7 Å². The lowest BCUT2D eigenvalue weighted by Crippen LogP contribution is -2.17. The van der Waals surface area contributed by atoms with Crippen molar-refractivity contribution in [2.24, 2.45) is 5.92 Å². The van der Waals surface area contributed by atoms with E-state index >= 15 is 0 Å². The molecule has 0 spiro atoms. The summed E-state index contributed by atoms with van der Waals surface area (Å²) in [6, 6.07) is 30.0. The lowest BCUT2D eigenvalue weighted by atomic mass is 9.87. The molecule has 0 atom stereocenters. The van der Waals surface area contributed by atoms with E-state index in [1.807, 2.05) is 78.9 Å². The summed E-state index contributed by atoms with van der Waals surface area (Å²) < 4.78 is 0. The Morgan fingerprint density at radius 2 is 0.931 bits per heavy atom. The largest absolute Gasteiger partial charge is 0.299 e. The van der Waals surface area contributed by atoms with Gasteiger partial charge in [0.2, 0.25) is 0 Å². The average molecular weight is 385 g/mol. The predicted molar refractivity (Wildman–Crippen MR) is 118 cm³/mol. The Hall–Kier alpha value is -3.00. The van der Waals surface area contributed by atoms with Crippen molar-refractivity contribution in [1.29, 1.82) is 0 Å². The van der Waals surface area contributed by atoms with Crippen LogP contribution in [0.2, 0.25) is 0 Å². The topological polar surface area (TPSA) is 34.1 Å². The van der Waals surface area contributed by atoms with Gasteiger partial charge in [-0.05, 0) is 35.4 Å². The highest BCUT2D eigenvalue weighted by Gasteiger charge is 2.18. The smallest absolute Gasteiger partial charge is 0.137 e. The van der Waals surface area contributed by atoms with Crippen molar-refractivity contribution in [1.82, 2.24) is 0 Å². The van der Waals surface area contributed by atoms with Gasteiger partial charge in [-0.25, -0.2) is 0 Å². The van der Waals surface area contributed by atoms with E-state index in [2.05, 4.69) is 12.1 Å². The van der Waals surface area contributed by atoms with E-state index in [-0.39, 0.29) is 17.5 Å². The number of hydrogen-bond acceptors (Lipinski definition) is 2. The summed E-state index contributed by atoms with van der Waals surface area (Å²) in [4.78, 5) is 25.3. The van der Waals surface area contributed by atoms with Crippen LogP contribution in [0, 0.1) is 5.92 Å². The molecule has 0 unspecified atom stereocenters. The zero-order chi connectivity index (χ0) is 20.3. The van der Waals surface area contributed by atoms with Crippen LogP contribution in [-0.2, 0) is 28.9 Å². The van der Waals surface area contributed by atoms with E-state index in [4.69, 9.17) is 0 Å². The molecule has 29 heavy (non-hydrogen) atoms. The zero-order valence-electron chi connectivity index (χ0n) is 16.8. The molecule has 0 saturated heterocycles. The summed E-state index contributed by atoms with van der Waals surface area (Å²) in [6.45, 7) is 0. The van der Waals surface area contributed by atoms with Gasteiger partial charge in [-0.15, -0.1) is 0 Å². The third kappa shape index (κ3) is 7.50. The number of benzene rings is 3. The van der Waals surface area contributed by atoms with Crippen molar-refractivity contribution < 1.29 is 9.59 Å². The lowest BCUT2D eigenvalue weighted by molar-refractivity contribution is -0.121. The van der Waals surface area contributed by atoms with Crippen LogP contribution in [0.5, 0.6) is 0 Å². The molecule has 3 rings (SSSR count). The number of carbonyl (C=O) groups is 2. The third-order valence-electron chi connectivity index (χ3n) is 5.21. The third-order valence-corrected chi connectivity index (χ3v) is 5.21. The summed E-state index contributed by atoms with van der Waals surface area (Å²) in [7, 11) is 0. The summed E-state index contributed by atoms with van der Waals surface area (Å²) >= 11 is 0. The number of aryl methyl sites for hydroxylation is 1. The highest BCUT2D eigenvalue weighted by molar-refractivity contribution is 5.84. The maximum Gasteiger partial charge on any atom is 0.137 e. The minimum absolute atomic E-state index is 0.0858. The van der Waals surface area contributed by atoms with Crippen molar-refractivity contribution in [2.45, 2.75) is 38.5 Å². The molecule has 2 nitrogen and oxygen atoms in total. The minimum Gasteiger partial charge on any atom is -0.299 e. The lowest BCUT2D eigenvalue weighted by Gasteiger charge is -2.16. The van der Waals surface area contributed by atoms with Gasteiger partial charge in [-0.2, -0.15) is 0 Å². The first kappa shape index (κ1) is 20.7. The molecule has 0 aliphatic heterocycles. The van der Waals surface area contributed by atoms with E-state index in [1.165, 1.54) is 5.56 Å². The Morgan fingerprint density at radius 3 is 1.34 bits per heavy atom. The van der Waals surface area contributed by atoms with E-state index in [9.17, 15) is 9.59 Å². The Kier molecular flexibility index (Phi) is 7.94. The quantitative estimate of drug-likeness (QED) is 0.429. The van der Waals surface area contributed by atoms with Crippen LogP contribution in [0.4, 0.5) is 0 Å². The van der Waals surface area contributed by atoms with E-state index in [0.29, 0.717) is 25.7 Å². The van der Waals surface area contributed by atoms with Crippen molar-refractivity contribution in [3.63, 3.8) is 0 Å². The summed E-state index contributed by atoms with van der Waals surface area (Å²) in [6.07, 6.45) is 3.55. The summed E-state index contributed by atoms with van der Waals surface area (Å²) in [5.74, 6) is 0.506. The first-order valence-corrected chi connectivity index (χ1v) is 10.3. The highest BCUT2D eigenvalue weighted by atomic mass is 16.1. The normalized spacial score (nSPS) is 10.8. The molecule has 3 aromatic rings. The second kappa shape index (κ2) is 11.1. The molecular formula is C27H28O2. The maximum atomic E-state index is 12.7. The van der Waals surface area contributed by atoms with Crippen LogP contribution < -0.4 is 0 Å². The van der Waals surface area contributed by atoms with Crippen molar-refractivity contribution in [2.75, 3.05) is 0 Å². The van der Waals surface area contributed by atoms with Gasteiger partial charge in [0.15, 0.2) is 0 Å². The molecule has 2 heteroatoms. The minimum atomic E-state index is 0.0858. The van der Waals surface area contributed by atoms with Gasteiger partial charge < -0.3 is 0 Å². The number of carbonyl (C=O) groups excluding carboxylic acids is 2. The molecule has 0 fully saturated rings. The van der Waals surface area contributed by atoms with Gasteiger partial charge >= 0.3 is 0 Å². The van der Waals surface area contributed by atoms with Crippen LogP contribution in [0.25, 0.3) is 0 Å². The van der Waals surface area contributed by atoms with Gasteiger partial charge in [0.1, 0.15) is 11.6 Å². The van der Waals surface area contributed by atoms with Gasteiger partial charge in [0.25, 0.3) is 0 Å². The standard InChI is InChI=1S/C27H28O2/c28-26(18-23-12-6-2-7-13-23)20-25(17-16-22-10-4-1-5-11-22)21-27(29)19-24-14-8-3-9-15-24/h1-15,25H,16-21H2.